The van der Waals surface area contributed by atoms with Gasteiger partial charge in [-0.05, 0) is 55.8 Å². The summed E-state index contributed by atoms with van der Waals surface area (Å²) >= 11 is 1.59. The predicted octanol–water partition coefficient (Wildman–Crippen LogP) is 7.14. The summed E-state index contributed by atoms with van der Waals surface area (Å²) in [5, 5.41) is 21.1. The molecule has 0 radical (unpaired) electrons. The van der Waals surface area contributed by atoms with Crippen LogP contribution in [0.1, 0.15) is 37.3 Å². The Labute approximate surface area is 207 Å². The van der Waals surface area contributed by atoms with Crippen LogP contribution in [0.2, 0.25) is 0 Å². The number of nitrogens with zero attached hydrogens (tertiary/aromatic N) is 2. The molecule has 4 aromatic carbocycles. The van der Waals surface area contributed by atoms with Gasteiger partial charge in [0.05, 0.1) is 29.9 Å². The van der Waals surface area contributed by atoms with Crippen LogP contribution >= 0.6 is 11.8 Å². The molecule has 0 amide bonds. The number of carbonyl (C=O) groups is 1. The molecule has 174 valence electrons. The quantitative estimate of drug-likeness (QED) is 0.289. The van der Waals surface area contributed by atoms with Gasteiger partial charge in [-0.15, -0.1) is 11.8 Å². The van der Waals surface area contributed by atoms with E-state index in [2.05, 4.69) is 6.07 Å². The summed E-state index contributed by atoms with van der Waals surface area (Å²) in [6.07, 6.45) is 2.76. The minimum absolute atomic E-state index is 0.111. The average Bonchev–Trinajstić information content (AvgIpc) is 2.87. The largest absolute Gasteiger partial charge is 0.465 e. The van der Waals surface area contributed by atoms with Gasteiger partial charge in [-0.25, -0.2) is 4.39 Å². The minimum Gasteiger partial charge on any atom is -0.465 e. The smallest absolute Gasteiger partial charge is 0.322 e. The summed E-state index contributed by atoms with van der Waals surface area (Å²) in [4.78, 5) is 13.4. The van der Waals surface area contributed by atoms with Gasteiger partial charge in [0, 0.05) is 21.1 Å². The number of halogens is 1. The standard InChI is InChI=1S/C18H17NO2S.C11H6FN/c1-2-21-17(20)18(10-5-11-18)22-16-9-8-13(12-19)14-6-3-4-7-15(14)16;12-11-6-5-8(7-13)9-3-1-2-4-10(9)11/h3-4,6-9H,2,5,10-11H2,1H3;1-6H. The van der Waals surface area contributed by atoms with Gasteiger partial charge in [-0.1, -0.05) is 48.5 Å². The van der Waals surface area contributed by atoms with E-state index in [4.69, 9.17) is 10.00 Å². The Hall–Kier alpha value is -3.87. The van der Waals surface area contributed by atoms with Crippen molar-refractivity contribution in [3.8, 4) is 12.1 Å². The van der Waals surface area contributed by atoms with Crippen LogP contribution in [0, 0.1) is 28.5 Å². The van der Waals surface area contributed by atoms with E-state index in [0.717, 1.165) is 34.9 Å². The van der Waals surface area contributed by atoms with Gasteiger partial charge in [-0.2, -0.15) is 10.5 Å². The maximum Gasteiger partial charge on any atom is 0.322 e. The van der Waals surface area contributed by atoms with Crippen molar-refractivity contribution in [3.63, 3.8) is 0 Å². The molecule has 0 heterocycles. The van der Waals surface area contributed by atoms with Crippen molar-refractivity contribution in [2.24, 2.45) is 0 Å². The lowest BCUT2D eigenvalue weighted by Crippen LogP contribution is -2.43. The summed E-state index contributed by atoms with van der Waals surface area (Å²) in [5.74, 6) is -0.394. The van der Waals surface area contributed by atoms with Crippen LogP contribution in [-0.2, 0) is 9.53 Å². The number of thioether (sulfide) groups is 1. The van der Waals surface area contributed by atoms with Crippen molar-refractivity contribution in [1.82, 2.24) is 0 Å². The van der Waals surface area contributed by atoms with E-state index in [1.807, 2.05) is 49.4 Å². The van der Waals surface area contributed by atoms with Crippen molar-refractivity contribution in [2.45, 2.75) is 35.8 Å². The summed E-state index contributed by atoms with van der Waals surface area (Å²) in [5.41, 5.74) is 1.18. The molecule has 0 bridgehead atoms. The number of nitriles is 2. The zero-order chi connectivity index (χ0) is 24.8. The van der Waals surface area contributed by atoms with Gasteiger partial charge >= 0.3 is 5.97 Å². The van der Waals surface area contributed by atoms with E-state index >= 15 is 0 Å². The molecule has 0 aliphatic heterocycles. The average molecular weight is 483 g/mol. The molecule has 4 nitrogen and oxygen atoms in total. The molecule has 1 saturated carbocycles. The topological polar surface area (TPSA) is 73.9 Å². The third-order valence-electron chi connectivity index (χ3n) is 6.11. The monoisotopic (exact) mass is 482 g/mol. The second-order valence-electron chi connectivity index (χ2n) is 8.19. The maximum atomic E-state index is 13.2. The SMILES string of the molecule is CCOC(=O)C1(Sc2ccc(C#N)c3ccccc23)CCC1.N#Cc1ccc(F)c2ccccc12. The highest BCUT2D eigenvalue weighted by Gasteiger charge is 2.46. The molecule has 0 saturated heterocycles. The number of hydrogen-bond donors (Lipinski definition) is 0. The molecule has 0 aromatic heterocycles. The number of esters is 1. The van der Waals surface area contributed by atoms with Crippen LogP contribution in [0.4, 0.5) is 4.39 Å². The third-order valence-corrected chi connectivity index (χ3v) is 7.65. The summed E-state index contributed by atoms with van der Waals surface area (Å²) in [6, 6.07) is 25.7. The van der Waals surface area contributed by atoms with E-state index in [1.54, 1.807) is 36.0 Å². The van der Waals surface area contributed by atoms with Gasteiger partial charge < -0.3 is 4.74 Å². The van der Waals surface area contributed by atoms with Crippen molar-refractivity contribution in [3.05, 3.63) is 89.7 Å². The van der Waals surface area contributed by atoms with Gasteiger partial charge in [0.15, 0.2) is 0 Å². The molecule has 1 aliphatic carbocycles. The van der Waals surface area contributed by atoms with Crippen LogP contribution in [0.25, 0.3) is 21.5 Å². The fraction of sp³-hybridized carbons (Fsp3) is 0.207. The minimum atomic E-state index is -0.451. The summed E-state index contributed by atoms with van der Waals surface area (Å²) in [7, 11) is 0. The van der Waals surface area contributed by atoms with Gasteiger partial charge in [-0.3, -0.25) is 4.79 Å². The van der Waals surface area contributed by atoms with Crippen molar-refractivity contribution < 1.29 is 13.9 Å². The molecule has 5 rings (SSSR count). The molecule has 4 aromatic rings. The lowest BCUT2D eigenvalue weighted by Gasteiger charge is -2.38. The van der Waals surface area contributed by atoms with Crippen LogP contribution in [-0.4, -0.2) is 17.3 Å². The molecule has 1 fully saturated rings. The number of fused-ring (bicyclic) bond motifs is 2. The van der Waals surface area contributed by atoms with E-state index in [9.17, 15) is 14.4 Å². The second-order valence-corrected chi connectivity index (χ2v) is 9.62. The first-order valence-electron chi connectivity index (χ1n) is 11.4. The number of rotatable bonds is 4. The highest BCUT2D eigenvalue weighted by atomic mass is 32.2. The van der Waals surface area contributed by atoms with Crippen LogP contribution in [0.3, 0.4) is 0 Å². The number of benzene rings is 4. The highest BCUT2D eigenvalue weighted by Crippen LogP contribution is 2.50. The molecular weight excluding hydrogens is 459 g/mol. The summed E-state index contributed by atoms with van der Waals surface area (Å²) in [6.45, 7) is 2.25. The number of ether oxygens (including phenoxy) is 1. The van der Waals surface area contributed by atoms with Crippen LogP contribution in [0.15, 0.2) is 77.7 Å². The second kappa shape index (κ2) is 10.6. The van der Waals surface area contributed by atoms with Crippen molar-refractivity contribution >= 4 is 39.3 Å². The molecule has 0 unspecified atom stereocenters. The first-order chi connectivity index (χ1) is 17.0. The highest BCUT2D eigenvalue weighted by molar-refractivity contribution is 8.01. The lowest BCUT2D eigenvalue weighted by molar-refractivity contribution is -0.148. The first-order valence-corrected chi connectivity index (χ1v) is 12.2. The molecule has 35 heavy (non-hydrogen) atoms. The number of hydrogen-bond acceptors (Lipinski definition) is 5. The van der Waals surface area contributed by atoms with Gasteiger partial charge in [0.1, 0.15) is 10.6 Å². The van der Waals surface area contributed by atoms with Crippen LogP contribution < -0.4 is 0 Å². The third kappa shape index (κ3) is 4.85. The molecule has 0 N–H and O–H groups in total. The Bertz CT molecular complexity index is 1480. The van der Waals surface area contributed by atoms with Gasteiger partial charge in [0.2, 0.25) is 0 Å². The Morgan fingerprint density at radius 2 is 1.43 bits per heavy atom. The lowest BCUT2D eigenvalue weighted by atomic mass is 9.84. The van der Waals surface area contributed by atoms with Crippen LogP contribution in [0.5, 0.6) is 0 Å². The molecule has 6 heteroatoms. The molecule has 1 aliphatic rings. The summed E-state index contributed by atoms with van der Waals surface area (Å²) < 4.78 is 18.0. The van der Waals surface area contributed by atoms with Gasteiger partial charge in [0.25, 0.3) is 0 Å². The van der Waals surface area contributed by atoms with E-state index in [-0.39, 0.29) is 11.8 Å². The first kappa shape index (κ1) is 24.3. The van der Waals surface area contributed by atoms with E-state index in [0.29, 0.717) is 28.5 Å². The Morgan fingerprint density at radius 1 is 0.886 bits per heavy atom. The Balaban J connectivity index is 0.000000189. The van der Waals surface area contributed by atoms with E-state index in [1.165, 1.54) is 12.1 Å². The number of carbonyl (C=O) groups excluding carboxylic acids is 1. The maximum absolute atomic E-state index is 13.2. The van der Waals surface area contributed by atoms with E-state index < -0.39 is 4.75 Å². The normalized spacial score (nSPS) is 13.6. The molecule has 0 atom stereocenters. The molecular formula is C29H23FN2O2S. The zero-order valence-electron chi connectivity index (χ0n) is 19.3. The fourth-order valence-electron chi connectivity index (χ4n) is 4.14. The fourth-order valence-corrected chi connectivity index (χ4v) is 5.62. The van der Waals surface area contributed by atoms with Crippen molar-refractivity contribution in [1.29, 1.82) is 10.5 Å². The molecule has 0 spiro atoms. The Morgan fingerprint density at radius 3 is 1.97 bits per heavy atom. The Kier molecular flexibility index (Phi) is 7.34. The van der Waals surface area contributed by atoms with Crippen molar-refractivity contribution in [2.75, 3.05) is 6.61 Å². The zero-order valence-corrected chi connectivity index (χ0v) is 20.1. The predicted molar refractivity (Wildman–Crippen MR) is 136 cm³/mol.